The summed E-state index contributed by atoms with van der Waals surface area (Å²) in [6.45, 7) is 0.234. The van der Waals surface area contributed by atoms with E-state index in [9.17, 15) is 9.59 Å². The molecule has 194 valence electrons. The van der Waals surface area contributed by atoms with E-state index in [0.717, 1.165) is 14.7 Å². The van der Waals surface area contributed by atoms with Gasteiger partial charge in [-0.15, -0.1) is 0 Å². The average Bonchev–Trinajstić information content (AvgIpc) is 2.96. The van der Waals surface area contributed by atoms with Crippen LogP contribution in [-0.4, -0.2) is 34.1 Å². The normalized spacial score (nSPS) is 11.1. The first-order valence-electron chi connectivity index (χ1n) is 11.9. The van der Waals surface area contributed by atoms with Crippen LogP contribution in [0.2, 0.25) is 0 Å². The lowest BCUT2D eigenvalue weighted by Crippen LogP contribution is -2.20. The summed E-state index contributed by atoms with van der Waals surface area (Å²) >= 11 is 2.15. The van der Waals surface area contributed by atoms with Crippen LogP contribution < -0.4 is 15.0 Å². The highest BCUT2D eigenvalue weighted by Crippen LogP contribution is 2.34. The zero-order valence-corrected chi connectivity index (χ0v) is 22.9. The number of nitrogens with zero attached hydrogens (tertiary/aromatic N) is 3. The molecule has 0 unspecified atom stereocenters. The maximum atomic E-state index is 13.4. The first-order valence-corrected chi connectivity index (χ1v) is 13.0. The zero-order valence-electron chi connectivity index (χ0n) is 20.7. The minimum absolute atomic E-state index is 0.214. The van der Waals surface area contributed by atoms with Crippen molar-refractivity contribution in [2.45, 2.75) is 6.61 Å². The highest BCUT2D eigenvalue weighted by atomic mass is 127. The second-order valence-corrected chi connectivity index (χ2v) is 9.67. The number of fused-ring (bicyclic) bond motifs is 1. The molecule has 0 saturated carbocycles. The maximum absolute atomic E-state index is 13.4. The lowest BCUT2D eigenvalue weighted by molar-refractivity contribution is 0.0697. The number of aromatic carboxylic acids is 1. The van der Waals surface area contributed by atoms with Crippen molar-refractivity contribution in [2.75, 3.05) is 7.11 Å². The number of halogens is 1. The maximum Gasteiger partial charge on any atom is 0.335 e. The molecule has 8 nitrogen and oxygen atoms in total. The highest BCUT2D eigenvalue weighted by molar-refractivity contribution is 14.1. The van der Waals surface area contributed by atoms with Gasteiger partial charge in [0.15, 0.2) is 17.3 Å². The molecule has 9 heteroatoms. The SMILES string of the molecule is COc1cc(C=Nn2c(-c3ccccc3)nc3ccccc3c2=O)cc(I)c1OCc1ccc(C(=O)O)cc1. The Bertz CT molecular complexity index is 1750. The van der Waals surface area contributed by atoms with Crippen molar-refractivity contribution in [1.29, 1.82) is 0 Å². The summed E-state index contributed by atoms with van der Waals surface area (Å²) in [5.74, 6) is 0.504. The Balaban J connectivity index is 1.47. The number of benzene rings is 4. The van der Waals surface area contributed by atoms with Gasteiger partial charge in [-0.25, -0.2) is 9.78 Å². The number of carboxylic acid groups (broad SMARTS) is 1. The molecule has 0 aliphatic heterocycles. The molecule has 5 aromatic rings. The van der Waals surface area contributed by atoms with Crippen LogP contribution in [0.3, 0.4) is 0 Å². The lowest BCUT2D eigenvalue weighted by atomic mass is 10.1. The summed E-state index contributed by atoms with van der Waals surface area (Å²) in [5, 5.41) is 14.1. The minimum Gasteiger partial charge on any atom is -0.493 e. The van der Waals surface area contributed by atoms with Crippen molar-refractivity contribution in [3.63, 3.8) is 0 Å². The number of carboxylic acids is 1. The van der Waals surface area contributed by atoms with E-state index in [1.54, 1.807) is 43.7 Å². The number of methoxy groups -OCH3 is 1. The third-order valence-electron chi connectivity index (χ3n) is 5.94. The van der Waals surface area contributed by atoms with Crippen LogP contribution in [0.4, 0.5) is 0 Å². The number of hydrogen-bond donors (Lipinski definition) is 1. The van der Waals surface area contributed by atoms with Crippen LogP contribution in [0.25, 0.3) is 22.3 Å². The Hall–Kier alpha value is -4.51. The molecule has 0 amide bonds. The van der Waals surface area contributed by atoms with Gasteiger partial charge in [0.05, 0.1) is 33.4 Å². The second kappa shape index (κ2) is 11.5. The van der Waals surface area contributed by atoms with Crippen molar-refractivity contribution in [2.24, 2.45) is 5.10 Å². The van der Waals surface area contributed by atoms with Gasteiger partial charge in [0.1, 0.15) is 6.61 Å². The van der Waals surface area contributed by atoms with Gasteiger partial charge in [0.25, 0.3) is 5.56 Å². The Morgan fingerprint density at radius 2 is 1.74 bits per heavy atom. The molecular formula is C30H22IN3O5. The van der Waals surface area contributed by atoms with E-state index in [1.165, 1.54) is 16.8 Å². The number of rotatable bonds is 8. The smallest absolute Gasteiger partial charge is 0.335 e. The first kappa shape index (κ1) is 26.1. The van der Waals surface area contributed by atoms with Crippen molar-refractivity contribution in [1.82, 2.24) is 9.66 Å². The Labute approximate surface area is 237 Å². The summed E-state index contributed by atoms with van der Waals surface area (Å²) in [5.41, 5.74) is 2.83. The molecule has 4 aromatic carbocycles. The van der Waals surface area contributed by atoms with Gasteiger partial charge in [-0.3, -0.25) is 4.79 Å². The van der Waals surface area contributed by atoms with Crippen molar-refractivity contribution in [3.8, 4) is 22.9 Å². The molecule has 1 heterocycles. The predicted octanol–water partition coefficient (Wildman–Crippen LogP) is 5.84. The number of ether oxygens (including phenoxy) is 2. The lowest BCUT2D eigenvalue weighted by Gasteiger charge is -2.14. The fourth-order valence-electron chi connectivity index (χ4n) is 3.98. The van der Waals surface area contributed by atoms with Gasteiger partial charge in [0.2, 0.25) is 0 Å². The van der Waals surface area contributed by atoms with E-state index < -0.39 is 5.97 Å². The second-order valence-electron chi connectivity index (χ2n) is 8.50. The van der Waals surface area contributed by atoms with Gasteiger partial charge in [-0.2, -0.15) is 9.78 Å². The van der Waals surface area contributed by atoms with E-state index in [2.05, 4.69) is 27.7 Å². The molecule has 0 radical (unpaired) electrons. The van der Waals surface area contributed by atoms with Gasteiger partial charge in [-0.05, 0) is 70.1 Å². The Morgan fingerprint density at radius 1 is 1.03 bits per heavy atom. The van der Waals surface area contributed by atoms with Gasteiger partial charge in [0, 0.05) is 5.56 Å². The predicted molar refractivity (Wildman–Crippen MR) is 158 cm³/mol. The minimum atomic E-state index is -0.978. The third kappa shape index (κ3) is 5.68. The van der Waals surface area contributed by atoms with Crippen LogP contribution in [-0.2, 0) is 6.61 Å². The Morgan fingerprint density at radius 3 is 2.46 bits per heavy atom. The molecule has 1 N–H and O–H groups in total. The molecule has 0 fully saturated rings. The van der Waals surface area contributed by atoms with Crippen molar-refractivity contribution >= 4 is 45.7 Å². The average molecular weight is 631 g/mol. The van der Waals surface area contributed by atoms with E-state index in [0.29, 0.717) is 33.8 Å². The van der Waals surface area contributed by atoms with E-state index in [1.807, 2.05) is 48.5 Å². The van der Waals surface area contributed by atoms with E-state index in [4.69, 9.17) is 19.6 Å². The monoisotopic (exact) mass is 631 g/mol. The molecular weight excluding hydrogens is 609 g/mol. The molecule has 0 saturated heterocycles. The van der Waals surface area contributed by atoms with Crippen LogP contribution in [0, 0.1) is 3.57 Å². The summed E-state index contributed by atoms with van der Waals surface area (Å²) in [6, 6.07) is 26.8. The molecule has 0 atom stereocenters. The summed E-state index contributed by atoms with van der Waals surface area (Å²) in [6.07, 6.45) is 1.59. The fourth-order valence-corrected chi connectivity index (χ4v) is 4.76. The number of carbonyl (C=O) groups is 1. The summed E-state index contributed by atoms with van der Waals surface area (Å²) < 4.78 is 13.7. The Kier molecular flexibility index (Phi) is 7.69. The molecule has 0 aliphatic rings. The summed E-state index contributed by atoms with van der Waals surface area (Å²) in [4.78, 5) is 29.2. The molecule has 0 aliphatic carbocycles. The standard InChI is InChI=1S/C30H22IN3O5/c1-38-26-16-20(15-24(31)27(26)39-18-19-11-13-22(14-12-19)30(36)37)17-32-34-28(21-7-3-2-4-8-21)33-25-10-6-5-9-23(25)29(34)35/h2-17H,18H2,1H3,(H,36,37). The zero-order chi connectivity index (χ0) is 27.4. The van der Waals surface area contributed by atoms with Crippen LogP contribution in [0.5, 0.6) is 11.5 Å². The van der Waals surface area contributed by atoms with Gasteiger partial charge < -0.3 is 14.6 Å². The first-order chi connectivity index (χ1) is 18.9. The van der Waals surface area contributed by atoms with E-state index in [-0.39, 0.29) is 17.7 Å². The molecule has 5 rings (SSSR count). The highest BCUT2D eigenvalue weighted by Gasteiger charge is 2.14. The van der Waals surface area contributed by atoms with Crippen molar-refractivity contribution < 1.29 is 19.4 Å². The number of hydrogen-bond acceptors (Lipinski definition) is 6. The van der Waals surface area contributed by atoms with Crippen molar-refractivity contribution in [3.05, 3.63) is 122 Å². The van der Waals surface area contributed by atoms with Crippen LogP contribution >= 0.6 is 22.6 Å². The van der Waals surface area contributed by atoms with E-state index >= 15 is 0 Å². The third-order valence-corrected chi connectivity index (χ3v) is 6.75. The molecule has 1 aromatic heterocycles. The molecule has 0 bridgehead atoms. The molecule has 39 heavy (non-hydrogen) atoms. The van der Waals surface area contributed by atoms with Crippen LogP contribution in [0.15, 0.2) is 101 Å². The molecule has 0 spiro atoms. The van der Waals surface area contributed by atoms with Gasteiger partial charge >= 0.3 is 5.97 Å². The number of para-hydroxylation sites is 1. The topological polar surface area (TPSA) is 103 Å². The largest absolute Gasteiger partial charge is 0.493 e. The quantitative estimate of drug-likeness (QED) is 0.171. The summed E-state index contributed by atoms with van der Waals surface area (Å²) in [7, 11) is 1.55. The fraction of sp³-hybridized carbons (Fsp3) is 0.0667. The van der Waals surface area contributed by atoms with Gasteiger partial charge in [-0.1, -0.05) is 54.6 Å². The number of aromatic nitrogens is 2. The van der Waals surface area contributed by atoms with Crippen LogP contribution in [0.1, 0.15) is 21.5 Å².